The van der Waals surface area contributed by atoms with Crippen LogP contribution in [0.4, 0.5) is 14.6 Å². The Kier molecular flexibility index (Phi) is 14.4. The SMILES string of the molecule is CCCCCCCCCCCCCCCCC(=O)O[C@@H]1[C@@H](COP2(=O)OCc3cccc(C)c3O2)O[C@@H](n2ccc(N)nc2=O)C1(F)F. The van der Waals surface area contributed by atoms with Gasteiger partial charge in [-0.15, -0.1) is 0 Å². The minimum absolute atomic E-state index is 0.0625. The van der Waals surface area contributed by atoms with Crippen LogP contribution in [0.25, 0.3) is 0 Å². The summed E-state index contributed by atoms with van der Waals surface area (Å²) in [6.45, 7) is 3.16. The van der Waals surface area contributed by atoms with Crippen molar-refractivity contribution in [2.75, 3.05) is 12.3 Å². The molecule has 2 aromatic rings. The summed E-state index contributed by atoms with van der Waals surface area (Å²) in [4.78, 5) is 28.8. The number of anilines is 1. The Balaban J connectivity index is 1.28. The van der Waals surface area contributed by atoms with Crippen LogP contribution in [-0.4, -0.2) is 40.3 Å². The number of phosphoric acid groups is 1. The number of hydrogen-bond donors (Lipinski definition) is 1. The van der Waals surface area contributed by atoms with Crippen molar-refractivity contribution < 1.29 is 41.2 Å². The molecule has 4 rings (SSSR count). The molecule has 2 aliphatic heterocycles. The maximum Gasteiger partial charge on any atom is 0.530 e. The van der Waals surface area contributed by atoms with E-state index in [1.165, 1.54) is 63.9 Å². The zero-order valence-electron chi connectivity index (χ0n) is 28.1. The van der Waals surface area contributed by atoms with E-state index in [1.54, 1.807) is 25.1 Å². The van der Waals surface area contributed by atoms with Gasteiger partial charge in [0.25, 0.3) is 0 Å². The number of aryl methyl sites for hydroxylation is 1. The van der Waals surface area contributed by atoms with E-state index in [2.05, 4.69) is 11.9 Å². The lowest BCUT2D eigenvalue weighted by molar-refractivity contribution is -0.176. The first-order chi connectivity index (χ1) is 23.0. The molecule has 48 heavy (non-hydrogen) atoms. The molecule has 0 radical (unpaired) electrons. The summed E-state index contributed by atoms with van der Waals surface area (Å²) in [5.74, 6) is -4.56. The Morgan fingerprint density at radius 2 is 1.65 bits per heavy atom. The van der Waals surface area contributed by atoms with Gasteiger partial charge >= 0.3 is 25.4 Å². The van der Waals surface area contributed by atoms with Gasteiger partial charge in [0.05, 0.1) is 13.2 Å². The number of carbonyl (C=O) groups is 1. The maximum absolute atomic E-state index is 15.9. The second kappa shape index (κ2) is 18.2. The first-order valence-electron chi connectivity index (χ1n) is 17.3. The van der Waals surface area contributed by atoms with E-state index in [9.17, 15) is 14.2 Å². The molecule has 268 valence electrons. The molecule has 4 atom stereocenters. The predicted molar refractivity (Wildman–Crippen MR) is 177 cm³/mol. The summed E-state index contributed by atoms with van der Waals surface area (Å²) >= 11 is 0. The van der Waals surface area contributed by atoms with Crippen LogP contribution in [0, 0.1) is 6.92 Å². The normalized spacial score (nSPS) is 23.0. The van der Waals surface area contributed by atoms with Crippen LogP contribution in [0.5, 0.6) is 5.75 Å². The Labute approximate surface area is 281 Å². The number of esters is 1. The van der Waals surface area contributed by atoms with Gasteiger partial charge in [-0.2, -0.15) is 13.8 Å². The zero-order chi connectivity index (χ0) is 34.6. The number of carbonyl (C=O) groups excluding carboxylic acids is 1. The second-order valence-corrected chi connectivity index (χ2v) is 14.3. The third-order valence-electron chi connectivity index (χ3n) is 8.72. The highest BCUT2D eigenvalue weighted by Gasteiger charge is 2.63. The van der Waals surface area contributed by atoms with Gasteiger partial charge in [-0.25, -0.2) is 9.36 Å². The number of hydrogen-bond acceptors (Lipinski definition) is 10. The molecule has 1 unspecified atom stereocenters. The highest BCUT2D eigenvalue weighted by atomic mass is 31.2. The smallest absolute Gasteiger partial charge is 0.453 e. The highest BCUT2D eigenvalue weighted by Crippen LogP contribution is 2.56. The Morgan fingerprint density at radius 3 is 2.27 bits per heavy atom. The molecule has 0 spiro atoms. The minimum Gasteiger partial charge on any atom is -0.453 e. The van der Waals surface area contributed by atoms with Crippen LogP contribution in [0.2, 0.25) is 0 Å². The molecule has 1 aromatic carbocycles. The summed E-state index contributed by atoms with van der Waals surface area (Å²) in [5, 5.41) is 0. The number of fused-ring (bicyclic) bond motifs is 1. The van der Waals surface area contributed by atoms with E-state index in [4.69, 9.17) is 28.8 Å². The van der Waals surface area contributed by atoms with Gasteiger partial charge in [0.1, 0.15) is 17.7 Å². The number of rotatable bonds is 20. The number of aromatic nitrogens is 2. The van der Waals surface area contributed by atoms with Crippen molar-refractivity contribution in [2.24, 2.45) is 0 Å². The number of halogens is 2. The number of unbranched alkanes of at least 4 members (excludes halogenated alkanes) is 13. The van der Waals surface area contributed by atoms with Crippen molar-refractivity contribution in [1.82, 2.24) is 9.55 Å². The van der Waals surface area contributed by atoms with Crippen molar-refractivity contribution in [1.29, 1.82) is 0 Å². The van der Waals surface area contributed by atoms with E-state index in [0.29, 0.717) is 27.9 Å². The van der Waals surface area contributed by atoms with Crippen LogP contribution in [0.3, 0.4) is 0 Å². The van der Waals surface area contributed by atoms with Crippen LogP contribution in [-0.2, 0) is 34.5 Å². The number of benzene rings is 1. The fraction of sp³-hybridized carbons (Fsp3) is 0.676. The van der Waals surface area contributed by atoms with E-state index in [0.717, 1.165) is 31.9 Å². The molecule has 2 N–H and O–H groups in total. The molecule has 1 saturated heterocycles. The summed E-state index contributed by atoms with van der Waals surface area (Å²) in [6, 6.07) is 6.45. The predicted octanol–water partition coefficient (Wildman–Crippen LogP) is 8.18. The van der Waals surface area contributed by atoms with Gasteiger partial charge in [0.15, 0.2) is 6.10 Å². The van der Waals surface area contributed by atoms with Gasteiger partial charge in [0, 0.05) is 18.2 Å². The number of phosphoric ester groups is 1. The topological polar surface area (TPSA) is 141 Å². The average Bonchev–Trinajstić information content (AvgIpc) is 3.29. The molecule has 1 aromatic heterocycles. The standard InChI is InChI=1S/C34H50F2N3O8P/c1-3-4-5-6-7-8-9-10-11-12-13-14-15-16-20-29(40)46-31-27(45-32(34(31,35)36)39-22-21-28(37)38-33(39)41)24-44-48(42)43-23-26-19-17-18-25(2)30(26)47-48/h17-19,21-22,27,31-32H,3-16,20,23-24H2,1-2H3,(H2,37,38,41)/t27-,31-,32-,48?/m1/s1. The fourth-order valence-corrected chi connectivity index (χ4v) is 7.28. The lowest BCUT2D eigenvalue weighted by Crippen LogP contribution is -2.44. The molecule has 1 fully saturated rings. The maximum atomic E-state index is 15.9. The molecule has 11 nitrogen and oxygen atoms in total. The Hall–Kier alpha value is -2.86. The van der Waals surface area contributed by atoms with Crippen LogP contribution in [0.1, 0.15) is 121 Å². The average molecular weight is 698 g/mol. The number of alkyl halides is 2. The molecule has 14 heteroatoms. The van der Waals surface area contributed by atoms with Gasteiger partial charge in [-0.3, -0.25) is 18.4 Å². The first-order valence-corrected chi connectivity index (χ1v) is 18.7. The molecule has 0 saturated carbocycles. The summed E-state index contributed by atoms with van der Waals surface area (Å²) < 4.78 is 72.7. The Bertz CT molecular complexity index is 1440. The molecule has 0 amide bonds. The monoisotopic (exact) mass is 697 g/mol. The van der Waals surface area contributed by atoms with Crippen molar-refractivity contribution in [3.05, 3.63) is 52.1 Å². The molecular formula is C34H50F2N3O8P. The van der Waals surface area contributed by atoms with Crippen LogP contribution >= 0.6 is 7.82 Å². The molecule has 3 heterocycles. The lowest BCUT2D eigenvalue weighted by atomic mass is 10.0. The van der Waals surface area contributed by atoms with Crippen molar-refractivity contribution in [2.45, 2.75) is 141 Å². The largest absolute Gasteiger partial charge is 0.530 e. The van der Waals surface area contributed by atoms with Gasteiger partial charge in [-0.05, 0) is 25.0 Å². The van der Waals surface area contributed by atoms with Crippen LogP contribution < -0.4 is 15.9 Å². The summed E-state index contributed by atoms with van der Waals surface area (Å²) in [7, 11) is -4.24. The third-order valence-corrected chi connectivity index (χ3v) is 10.0. The number of nitrogens with zero attached hydrogens (tertiary/aromatic N) is 2. The third kappa shape index (κ3) is 10.6. The first kappa shape index (κ1) is 38.0. The number of nitrogen functional groups attached to an aromatic ring is 1. The number of para-hydroxylation sites is 1. The summed E-state index contributed by atoms with van der Waals surface area (Å²) in [6.07, 6.45) is 11.0. The zero-order valence-corrected chi connectivity index (χ0v) is 29.0. The van der Waals surface area contributed by atoms with Gasteiger partial charge in [-0.1, -0.05) is 109 Å². The van der Waals surface area contributed by atoms with E-state index < -0.39 is 50.4 Å². The van der Waals surface area contributed by atoms with Crippen LogP contribution in [0.15, 0.2) is 35.3 Å². The van der Waals surface area contributed by atoms with Crippen molar-refractivity contribution in [3.8, 4) is 5.75 Å². The van der Waals surface area contributed by atoms with E-state index in [-0.39, 0.29) is 18.8 Å². The lowest BCUT2D eigenvalue weighted by Gasteiger charge is -2.27. The van der Waals surface area contributed by atoms with E-state index in [1.807, 2.05) is 0 Å². The molecule has 0 aliphatic carbocycles. The number of ether oxygens (including phenoxy) is 2. The molecule has 0 bridgehead atoms. The minimum atomic E-state index is -4.24. The van der Waals surface area contributed by atoms with Gasteiger partial charge in [0.2, 0.25) is 6.23 Å². The number of nitrogens with two attached hydrogens (primary N) is 1. The van der Waals surface area contributed by atoms with Gasteiger partial charge < -0.3 is 19.7 Å². The highest BCUT2D eigenvalue weighted by molar-refractivity contribution is 7.49. The molecule has 2 aliphatic rings. The van der Waals surface area contributed by atoms with Crippen molar-refractivity contribution >= 4 is 19.6 Å². The quantitative estimate of drug-likeness (QED) is 0.0818. The second-order valence-electron chi connectivity index (χ2n) is 12.7. The fourth-order valence-electron chi connectivity index (χ4n) is 5.99. The summed E-state index contributed by atoms with van der Waals surface area (Å²) in [5.41, 5.74) is 5.79. The van der Waals surface area contributed by atoms with Crippen molar-refractivity contribution in [3.63, 3.8) is 0 Å². The molecular weight excluding hydrogens is 647 g/mol. The Morgan fingerprint density at radius 1 is 1.02 bits per heavy atom. The van der Waals surface area contributed by atoms with E-state index >= 15 is 8.78 Å².